The van der Waals surface area contributed by atoms with Crippen molar-refractivity contribution in [1.82, 2.24) is 4.98 Å². The molecule has 0 amide bonds. The van der Waals surface area contributed by atoms with Crippen molar-refractivity contribution in [2.75, 3.05) is 12.8 Å². The van der Waals surface area contributed by atoms with Gasteiger partial charge in [-0.3, -0.25) is 4.98 Å². The van der Waals surface area contributed by atoms with Crippen molar-refractivity contribution in [3.05, 3.63) is 36.9 Å². The lowest BCUT2D eigenvalue weighted by atomic mass is 10.0. The fraction of sp³-hybridized carbons (Fsp3) is 0.231. The molecule has 0 saturated carbocycles. The van der Waals surface area contributed by atoms with Crippen molar-refractivity contribution < 1.29 is 4.74 Å². The summed E-state index contributed by atoms with van der Waals surface area (Å²) < 4.78 is 5.21. The lowest BCUT2D eigenvalue weighted by Crippen LogP contribution is -1.97. The number of nitrogens with zero attached hydrogens (tertiary/aromatic N) is 1. The molecule has 0 saturated heterocycles. The van der Waals surface area contributed by atoms with Gasteiger partial charge in [-0.1, -0.05) is 6.92 Å². The van der Waals surface area contributed by atoms with E-state index in [1.54, 1.807) is 13.3 Å². The Morgan fingerprint density at radius 1 is 1.44 bits per heavy atom. The zero-order chi connectivity index (χ0) is 11.5. The molecule has 83 valence electrons. The number of methoxy groups -OCH3 is 1. The van der Waals surface area contributed by atoms with E-state index in [1.165, 1.54) is 0 Å². The number of nitrogen functional groups attached to an aromatic ring is 1. The van der Waals surface area contributed by atoms with E-state index < -0.39 is 0 Å². The second-order valence-electron chi connectivity index (χ2n) is 3.68. The molecule has 2 aromatic rings. The Hall–Kier alpha value is -1.77. The van der Waals surface area contributed by atoms with Crippen LogP contribution in [-0.2, 0) is 6.42 Å². The third-order valence-corrected chi connectivity index (χ3v) is 2.65. The molecule has 0 bridgehead atoms. The van der Waals surface area contributed by atoms with Crippen LogP contribution in [0.2, 0.25) is 0 Å². The summed E-state index contributed by atoms with van der Waals surface area (Å²) in [6.07, 6.45) is 3.39. The monoisotopic (exact) mass is 215 g/mol. The highest BCUT2D eigenvalue weighted by molar-refractivity contribution is 5.87. The molecule has 3 heteroatoms. The Morgan fingerprint density at radius 3 is 2.94 bits per heavy atom. The maximum atomic E-state index is 5.93. The molecule has 3 nitrogen and oxygen atoms in total. The van der Waals surface area contributed by atoms with Gasteiger partial charge >= 0.3 is 0 Å². The Kier molecular flexibility index (Phi) is 2.95. The van der Waals surface area contributed by atoms with Crippen LogP contribution in [0.15, 0.2) is 24.4 Å². The predicted octanol–water partition coefficient (Wildman–Crippen LogP) is 2.59. The number of pyridine rings is 1. The van der Waals surface area contributed by atoms with Gasteiger partial charge in [0.05, 0.1) is 24.5 Å². The molecule has 16 heavy (non-hydrogen) atoms. The van der Waals surface area contributed by atoms with Gasteiger partial charge in [0.25, 0.3) is 0 Å². The Bertz CT molecular complexity index is 509. The van der Waals surface area contributed by atoms with Gasteiger partial charge in [0, 0.05) is 5.39 Å². The SMILES string of the molecule is [CH2]CCc1c(N)cnc2ccc(OC)cc12. The molecule has 0 fully saturated rings. The number of aryl methyl sites for hydroxylation is 1. The van der Waals surface area contributed by atoms with Crippen molar-refractivity contribution in [3.8, 4) is 5.75 Å². The first-order chi connectivity index (χ1) is 7.76. The van der Waals surface area contributed by atoms with Crippen LogP contribution in [0.3, 0.4) is 0 Å². The van der Waals surface area contributed by atoms with Crippen LogP contribution in [0.5, 0.6) is 5.75 Å². The summed E-state index contributed by atoms with van der Waals surface area (Å²) >= 11 is 0. The highest BCUT2D eigenvalue weighted by Gasteiger charge is 2.06. The van der Waals surface area contributed by atoms with Gasteiger partial charge in [-0.2, -0.15) is 0 Å². The number of anilines is 1. The Labute approximate surface area is 95.2 Å². The van der Waals surface area contributed by atoms with Gasteiger partial charge in [-0.05, 0) is 36.6 Å². The zero-order valence-electron chi connectivity index (χ0n) is 9.36. The number of nitrogens with two attached hydrogens (primary N) is 1. The van der Waals surface area contributed by atoms with E-state index in [2.05, 4.69) is 11.9 Å². The molecular formula is C13H15N2O. The molecule has 1 radical (unpaired) electrons. The minimum atomic E-state index is 0.726. The van der Waals surface area contributed by atoms with Crippen LogP contribution >= 0.6 is 0 Å². The first-order valence-electron chi connectivity index (χ1n) is 5.26. The first-order valence-corrected chi connectivity index (χ1v) is 5.26. The van der Waals surface area contributed by atoms with E-state index in [-0.39, 0.29) is 0 Å². The van der Waals surface area contributed by atoms with E-state index in [1.807, 2.05) is 18.2 Å². The van der Waals surface area contributed by atoms with Gasteiger partial charge in [0.15, 0.2) is 0 Å². The van der Waals surface area contributed by atoms with Crippen LogP contribution in [0.25, 0.3) is 10.9 Å². The van der Waals surface area contributed by atoms with Gasteiger partial charge < -0.3 is 10.5 Å². The van der Waals surface area contributed by atoms with Crippen LogP contribution < -0.4 is 10.5 Å². The molecule has 0 unspecified atom stereocenters. The van der Waals surface area contributed by atoms with Gasteiger partial charge in [0.2, 0.25) is 0 Å². The lowest BCUT2D eigenvalue weighted by Gasteiger charge is -2.09. The molecular weight excluding hydrogens is 200 g/mol. The summed E-state index contributed by atoms with van der Waals surface area (Å²) in [6, 6.07) is 5.82. The van der Waals surface area contributed by atoms with Crippen molar-refractivity contribution in [2.24, 2.45) is 0 Å². The van der Waals surface area contributed by atoms with Crippen molar-refractivity contribution >= 4 is 16.6 Å². The normalized spacial score (nSPS) is 10.6. The number of aromatic nitrogens is 1. The molecule has 0 aliphatic heterocycles. The summed E-state index contributed by atoms with van der Waals surface area (Å²) in [6.45, 7) is 3.86. The van der Waals surface area contributed by atoms with E-state index >= 15 is 0 Å². The summed E-state index contributed by atoms with van der Waals surface area (Å²) in [4.78, 5) is 4.30. The molecule has 2 rings (SSSR count). The summed E-state index contributed by atoms with van der Waals surface area (Å²) in [5.41, 5.74) is 8.71. The van der Waals surface area contributed by atoms with Crippen LogP contribution in [0, 0.1) is 6.92 Å². The molecule has 0 aliphatic rings. The summed E-state index contributed by atoms with van der Waals surface area (Å²) in [5, 5.41) is 1.06. The quantitative estimate of drug-likeness (QED) is 0.856. The van der Waals surface area contributed by atoms with E-state index in [0.717, 1.165) is 40.7 Å². The lowest BCUT2D eigenvalue weighted by molar-refractivity contribution is 0.415. The summed E-state index contributed by atoms with van der Waals surface area (Å²) in [7, 11) is 1.65. The molecule has 1 aromatic carbocycles. The van der Waals surface area contributed by atoms with Crippen LogP contribution in [-0.4, -0.2) is 12.1 Å². The number of hydrogen-bond donors (Lipinski definition) is 1. The van der Waals surface area contributed by atoms with Crippen molar-refractivity contribution in [2.45, 2.75) is 12.8 Å². The largest absolute Gasteiger partial charge is 0.497 e. The zero-order valence-corrected chi connectivity index (χ0v) is 9.36. The minimum Gasteiger partial charge on any atom is -0.497 e. The van der Waals surface area contributed by atoms with E-state index in [9.17, 15) is 0 Å². The maximum absolute atomic E-state index is 5.93. The average molecular weight is 215 g/mol. The highest BCUT2D eigenvalue weighted by Crippen LogP contribution is 2.27. The third kappa shape index (κ3) is 1.81. The molecule has 1 aromatic heterocycles. The first kappa shape index (κ1) is 10.7. The third-order valence-electron chi connectivity index (χ3n) is 2.65. The van der Waals surface area contributed by atoms with Crippen molar-refractivity contribution in [1.29, 1.82) is 0 Å². The Balaban J connectivity index is 2.67. The maximum Gasteiger partial charge on any atom is 0.119 e. The number of hydrogen-bond acceptors (Lipinski definition) is 3. The van der Waals surface area contributed by atoms with Gasteiger partial charge in [0.1, 0.15) is 5.75 Å². The fourth-order valence-corrected chi connectivity index (χ4v) is 1.82. The fourth-order valence-electron chi connectivity index (χ4n) is 1.82. The number of ether oxygens (including phenoxy) is 1. The van der Waals surface area contributed by atoms with E-state index in [0.29, 0.717) is 0 Å². The van der Waals surface area contributed by atoms with Gasteiger partial charge in [-0.25, -0.2) is 0 Å². The second kappa shape index (κ2) is 4.39. The molecule has 0 atom stereocenters. The highest BCUT2D eigenvalue weighted by atomic mass is 16.5. The second-order valence-corrected chi connectivity index (χ2v) is 3.68. The number of benzene rings is 1. The van der Waals surface area contributed by atoms with Crippen LogP contribution in [0.4, 0.5) is 5.69 Å². The van der Waals surface area contributed by atoms with E-state index in [4.69, 9.17) is 10.5 Å². The number of fused-ring (bicyclic) bond motifs is 1. The number of rotatable bonds is 3. The predicted molar refractivity (Wildman–Crippen MR) is 66.4 cm³/mol. The molecule has 0 aliphatic carbocycles. The Morgan fingerprint density at radius 2 is 2.25 bits per heavy atom. The minimum absolute atomic E-state index is 0.726. The molecule has 2 N–H and O–H groups in total. The molecule has 0 spiro atoms. The molecule has 1 heterocycles. The topological polar surface area (TPSA) is 48.1 Å². The van der Waals surface area contributed by atoms with Crippen LogP contribution in [0.1, 0.15) is 12.0 Å². The van der Waals surface area contributed by atoms with Crippen molar-refractivity contribution in [3.63, 3.8) is 0 Å². The van der Waals surface area contributed by atoms with Gasteiger partial charge in [-0.15, -0.1) is 0 Å². The average Bonchev–Trinajstić information content (AvgIpc) is 2.32. The standard InChI is InChI=1S/C13H15N2O/c1-3-4-10-11-7-9(16-2)5-6-13(11)15-8-12(10)14/h5-8H,1,3-4,14H2,2H3. The smallest absolute Gasteiger partial charge is 0.119 e. The summed E-state index contributed by atoms with van der Waals surface area (Å²) in [5.74, 6) is 0.824.